The molecule has 2 aliphatic carbocycles. The summed E-state index contributed by atoms with van der Waals surface area (Å²) in [6.45, 7) is 0. The number of Topliss-reactive ketones (excluding diaryl/α,β-unsaturated/α-hetero) is 1. The zero-order chi connectivity index (χ0) is 76.1. The molecule has 3 nitrogen and oxygen atoms in total. The molecule has 532 valence electrons. The molecule has 0 aliphatic heterocycles. The molecule has 17 rings (SSSR count). The largest absolute Gasteiger partial charge is 0.457 e. The summed E-state index contributed by atoms with van der Waals surface area (Å²) in [6.07, 6.45) is 4.60. The Labute approximate surface area is 661 Å². The fraction of sp³-hybridized carbons (Fsp3) is 0.0182. The summed E-state index contributed by atoms with van der Waals surface area (Å²) in [5.74, 6) is 14.6. The molecule has 0 saturated heterocycles. The SMILES string of the molecule is O=C/C(=C(\C(=C\c1ccc(C#Cc2ccccc2)cc1)c1ccc(Cc2ccc(C3=C(c4ccc(-c5ccccc5)cc4)CC(c4ccccc4)=C3c3ccc(Oc4ccc(C5=C(c6ccc(C#Cc7ccccc7)cc6)C(=O)C(c6ccccc6)=C5c5ccccc5)cc4)cc3)cc2)cc1)c1ccccc1)c1ccccc1. The molecule has 15 aromatic carbocycles. The molecule has 0 spiro atoms. The van der Waals surface area contributed by atoms with Crippen LogP contribution in [0.2, 0.25) is 0 Å². The monoisotopic (exact) mass is 1440 g/mol. The smallest absolute Gasteiger partial charge is 0.195 e. The highest BCUT2D eigenvalue weighted by molar-refractivity contribution is 6.59. The lowest BCUT2D eigenvalue weighted by atomic mass is 9.85. The number of hydrogen-bond donors (Lipinski definition) is 0. The van der Waals surface area contributed by atoms with Crippen LogP contribution in [0.15, 0.2) is 413 Å². The number of carbonyl (C=O) groups excluding carboxylic acids is 2. The van der Waals surface area contributed by atoms with Gasteiger partial charge in [-0.05, 0) is 209 Å². The minimum absolute atomic E-state index is 0.0325. The highest BCUT2D eigenvalue weighted by atomic mass is 16.5. The zero-order valence-electron chi connectivity index (χ0n) is 62.1. The number of ether oxygens (including phenoxy) is 1. The van der Waals surface area contributed by atoms with E-state index in [1.807, 2.05) is 194 Å². The fourth-order valence-corrected chi connectivity index (χ4v) is 15.3. The van der Waals surface area contributed by atoms with Gasteiger partial charge >= 0.3 is 0 Å². The van der Waals surface area contributed by atoms with Gasteiger partial charge in [0.05, 0.1) is 0 Å². The van der Waals surface area contributed by atoms with E-state index in [1.54, 1.807) is 0 Å². The number of benzene rings is 15. The molecule has 0 amide bonds. The summed E-state index contributed by atoms with van der Waals surface area (Å²) in [7, 11) is 0. The second-order valence-electron chi connectivity index (χ2n) is 28.1. The Kier molecular flexibility index (Phi) is 20.9. The Morgan fingerprint density at radius 2 is 0.584 bits per heavy atom. The molecule has 0 fully saturated rings. The van der Waals surface area contributed by atoms with Crippen LogP contribution < -0.4 is 4.74 Å². The first kappa shape index (κ1) is 71.0. The Bertz CT molecular complexity index is 6300. The first-order valence-electron chi connectivity index (χ1n) is 38.2. The molecule has 113 heavy (non-hydrogen) atoms. The van der Waals surface area contributed by atoms with Crippen LogP contribution in [0.4, 0.5) is 0 Å². The van der Waals surface area contributed by atoms with Crippen LogP contribution in [0.3, 0.4) is 0 Å². The Hall–Kier alpha value is -15.0. The van der Waals surface area contributed by atoms with Crippen LogP contribution in [-0.4, -0.2) is 12.1 Å². The number of hydrogen-bond acceptors (Lipinski definition) is 3. The van der Waals surface area contributed by atoms with Gasteiger partial charge in [0.15, 0.2) is 12.1 Å². The van der Waals surface area contributed by atoms with Gasteiger partial charge in [0.2, 0.25) is 0 Å². The molecular weight excluding hydrogens is 1370 g/mol. The van der Waals surface area contributed by atoms with Crippen LogP contribution >= 0.6 is 0 Å². The van der Waals surface area contributed by atoms with Crippen molar-refractivity contribution in [3.05, 3.63) is 513 Å². The Morgan fingerprint density at radius 1 is 0.274 bits per heavy atom. The van der Waals surface area contributed by atoms with E-state index < -0.39 is 0 Å². The van der Waals surface area contributed by atoms with E-state index in [0.717, 1.165) is 124 Å². The summed E-state index contributed by atoms with van der Waals surface area (Å²) < 4.78 is 6.81. The third kappa shape index (κ3) is 15.9. The van der Waals surface area contributed by atoms with Gasteiger partial charge < -0.3 is 4.74 Å². The third-order valence-corrected chi connectivity index (χ3v) is 20.9. The lowest BCUT2D eigenvalue weighted by Gasteiger charge is -2.18. The third-order valence-electron chi connectivity index (χ3n) is 20.9. The van der Waals surface area contributed by atoms with Gasteiger partial charge in [0, 0.05) is 55.7 Å². The molecule has 2 aliphatic rings. The topological polar surface area (TPSA) is 43.4 Å². The summed E-state index contributed by atoms with van der Waals surface area (Å²) in [6, 6.07) is 142. The summed E-state index contributed by atoms with van der Waals surface area (Å²) in [5.41, 5.74) is 30.4. The molecule has 0 unspecified atom stereocenters. The Morgan fingerprint density at radius 3 is 1.04 bits per heavy atom. The van der Waals surface area contributed by atoms with E-state index in [2.05, 4.69) is 248 Å². The van der Waals surface area contributed by atoms with Crippen molar-refractivity contribution in [3.8, 4) is 46.3 Å². The minimum atomic E-state index is -0.0325. The highest BCUT2D eigenvalue weighted by Gasteiger charge is 2.36. The van der Waals surface area contributed by atoms with Crippen LogP contribution in [0.5, 0.6) is 11.5 Å². The van der Waals surface area contributed by atoms with Crippen LogP contribution in [0.1, 0.15) is 107 Å². The maximum atomic E-state index is 15.3. The molecule has 0 aromatic heterocycles. The van der Waals surface area contributed by atoms with E-state index in [1.165, 1.54) is 44.5 Å². The minimum Gasteiger partial charge on any atom is -0.457 e. The van der Waals surface area contributed by atoms with Crippen molar-refractivity contribution in [2.75, 3.05) is 0 Å². The van der Waals surface area contributed by atoms with Crippen molar-refractivity contribution in [2.45, 2.75) is 12.8 Å². The molecule has 15 aromatic rings. The van der Waals surface area contributed by atoms with E-state index in [0.29, 0.717) is 34.6 Å². The second kappa shape index (κ2) is 33.2. The van der Waals surface area contributed by atoms with Crippen molar-refractivity contribution >= 4 is 79.4 Å². The fourth-order valence-electron chi connectivity index (χ4n) is 15.3. The number of ketones is 1. The Balaban J connectivity index is 0.698. The predicted octanol–water partition coefficient (Wildman–Crippen LogP) is 25.9. The van der Waals surface area contributed by atoms with Crippen molar-refractivity contribution in [1.29, 1.82) is 0 Å². The summed E-state index contributed by atoms with van der Waals surface area (Å²) in [5, 5.41) is 0. The van der Waals surface area contributed by atoms with Gasteiger partial charge in [0.25, 0.3) is 0 Å². The first-order valence-corrected chi connectivity index (χ1v) is 38.2. The lowest BCUT2D eigenvalue weighted by molar-refractivity contribution is -0.108. The van der Waals surface area contributed by atoms with Gasteiger partial charge in [-0.3, -0.25) is 9.59 Å². The second-order valence-corrected chi connectivity index (χ2v) is 28.1. The number of aldehydes is 1. The first-order chi connectivity index (χ1) is 55.9. The van der Waals surface area contributed by atoms with Crippen LogP contribution in [0.25, 0.3) is 78.5 Å². The van der Waals surface area contributed by atoms with Gasteiger partial charge in [-0.2, -0.15) is 0 Å². The van der Waals surface area contributed by atoms with Gasteiger partial charge in [-0.1, -0.05) is 363 Å². The normalized spacial score (nSPS) is 12.9. The van der Waals surface area contributed by atoms with Gasteiger partial charge in [-0.25, -0.2) is 0 Å². The van der Waals surface area contributed by atoms with E-state index in [9.17, 15) is 4.79 Å². The number of rotatable bonds is 19. The zero-order valence-corrected chi connectivity index (χ0v) is 62.1. The summed E-state index contributed by atoms with van der Waals surface area (Å²) in [4.78, 5) is 28.9. The maximum Gasteiger partial charge on any atom is 0.195 e. The van der Waals surface area contributed by atoms with E-state index >= 15 is 4.79 Å². The molecule has 0 N–H and O–H groups in total. The summed E-state index contributed by atoms with van der Waals surface area (Å²) >= 11 is 0. The average Bonchev–Trinajstić information content (AvgIpc) is 1.58. The lowest BCUT2D eigenvalue weighted by Crippen LogP contribution is -2.02. The predicted molar refractivity (Wildman–Crippen MR) is 468 cm³/mol. The van der Waals surface area contributed by atoms with Crippen LogP contribution in [-0.2, 0) is 16.0 Å². The molecule has 0 bridgehead atoms. The number of allylic oxidation sites excluding steroid dienone is 11. The maximum absolute atomic E-state index is 15.3. The van der Waals surface area contributed by atoms with Crippen molar-refractivity contribution in [1.82, 2.24) is 0 Å². The standard InChI is InChI=1S/C110H74O3/c111-76-102(87-33-17-5-18-34-87)103(90-35-19-6-20-36-90)99(74-83-47-45-79(46-48-83)43-41-77-25-9-1-10-26-77)88-55-51-81(52-56-88)73-82-53-59-93(60-54-82)104-101(89-63-61-85(62-64-89)84-29-13-3-14-30-84)75-100(86-31-15-4-16-32-86)105(104)94-65-69-97(70-66-94)113-98-71-67-95(68-72-98)107-106(91-37-21-7-22-38-91)108(92-39-23-8-24-40-92)110(112)109(107)96-57-49-80(50-58-96)44-42-78-27-11-2-12-28-78/h1-40,45-72,74,76H,73,75H2/b99-74+,103-102+. The highest BCUT2D eigenvalue weighted by Crippen LogP contribution is 2.54. The van der Waals surface area contributed by atoms with Crippen molar-refractivity contribution < 1.29 is 14.3 Å². The van der Waals surface area contributed by atoms with Crippen LogP contribution in [0, 0.1) is 23.7 Å². The molecule has 3 heteroatoms. The quantitative estimate of drug-likeness (QED) is 0.0266. The average molecular weight is 1440 g/mol. The molecular formula is C110H74O3. The van der Waals surface area contributed by atoms with Crippen molar-refractivity contribution in [3.63, 3.8) is 0 Å². The van der Waals surface area contributed by atoms with Gasteiger partial charge in [0.1, 0.15) is 11.5 Å². The van der Waals surface area contributed by atoms with Gasteiger partial charge in [-0.15, -0.1) is 0 Å². The van der Waals surface area contributed by atoms with E-state index in [-0.39, 0.29) is 5.78 Å². The van der Waals surface area contributed by atoms with Crippen molar-refractivity contribution in [2.24, 2.45) is 0 Å². The molecule has 0 radical (unpaired) electrons. The molecule has 0 saturated carbocycles. The number of carbonyl (C=O) groups is 2. The molecule has 0 heterocycles. The van der Waals surface area contributed by atoms with E-state index in [4.69, 9.17) is 4.74 Å². The molecule has 0 atom stereocenters.